The van der Waals surface area contributed by atoms with Crippen LogP contribution in [0.1, 0.15) is 80.5 Å². The molecule has 2 aromatic heterocycles. The van der Waals surface area contributed by atoms with E-state index in [4.69, 9.17) is 0 Å². The maximum absolute atomic E-state index is 14.1. The second-order valence-corrected chi connectivity index (χ2v) is 11.3. The molecule has 3 aromatic rings. The first-order chi connectivity index (χ1) is 16.0. The van der Waals surface area contributed by atoms with E-state index in [1.807, 2.05) is 31.4 Å². The van der Waals surface area contributed by atoms with E-state index in [1.54, 1.807) is 34.2 Å². The summed E-state index contributed by atoms with van der Waals surface area (Å²) in [6.45, 7) is 10.3. The number of nitrogens with zero attached hydrogens (tertiary/aromatic N) is 5. The summed E-state index contributed by atoms with van der Waals surface area (Å²) in [5, 5.41) is 17.5. The van der Waals surface area contributed by atoms with Gasteiger partial charge in [0.05, 0.1) is 6.04 Å². The van der Waals surface area contributed by atoms with Gasteiger partial charge >= 0.3 is 5.97 Å². The summed E-state index contributed by atoms with van der Waals surface area (Å²) < 4.78 is 1.67. The van der Waals surface area contributed by atoms with Crippen LogP contribution < -0.4 is 0 Å². The molecule has 34 heavy (non-hydrogen) atoms. The summed E-state index contributed by atoms with van der Waals surface area (Å²) in [4.78, 5) is 37.2. The van der Waals surface area contributed by atoms with Gasteiger partial charge in [0.2, 0.25) is 0 Å². The fraction of sp³-hybridized carbons (Fsp3) is 0.480. The summed E-state index contributed by atoms with van der Waals surface area (Å²) in [6, 6.07) is 6.51. The average molecular weight is 482 g/mol. The van der Waals surface area contributed by atoms with Crippen LogP contribution in [-0.2, 0) is 10.2 Å². The molecule has 0 saturated carbocycles. The van der Waals surface area contributed by atoms with Crippen LogP contribution >= 0.6 is 11.3 Å². The maximum Gasteiger partial charge on any atom is 0.329 e. The number of likely N-dealkylation sites (tertiary alicyclic amines) is 1. The Morgan fingerprint density at radius 2 is 1.94 bits per heavy atom. The number of benzene rings is 1. The fourth-order valence-electron chi connectivity index (χ4n) is 4.98. The lowest BCUT2D eigenvalue weighted by Crippen LogP contribution is -2.54. The standard InChI is InChI=1S/C25H31N5O3S/c1-16(2)12-25(23(32)33)13-19(29-15-26-14-28-29)20(21-27-10-11-34-21)30(25)22(31)17-6-8-18(9-7-17)24(3,4)5/h6-11,14-16,19-20H,12-13H2,1-5H3,(H,32,33)/t19-,20+,25-/m0/s1. The zero-order valence-corrected chi connectivity index (χ0v) is 21.0. The van der Waals surface area contributed by atoms with Crippen LogP contribution in [0.4, 0.5) is 0 Å². The third-order valence-electron chi connectivity index (χ3n) is 6.49. The van der Waals surface area contributed by atoms with Gasteiger partial charge in [-0.3, -0.25) is 4.79 Å². The molecule has 1 saturated heterocycles. The Balaban J connectivity index is 1.88. The van der Waals surface area contributed by atoms with Gasteiger partial charge < -0.3 is 10.0 Å². The highest BCUT2D eigenvalue weighted by molar-refractivity contribution is 7.09. The second kappa shape index (κ2) is 8.94. The van der Waals surface area contributed by atoms with E-state index >= 15 is 0 Å². The molecule has 3 heterocycles. The first kappa shape index (κ1) is 24.1. The molecule has 0 aliphatic carbocycles. The van der Waals surface area contributed by atoms with Crippen molar-refractivity contribution in [2.24, 2.45) is 5.92 Å². The highest BCUT2D eigenvalue weighted by Gasteiger charge is 2.60. The fourth-order valence-corrected chi connectivity index (χ4v) is 5.77. The first-order valence-electron chi connectivity index (χ1n) is 11.5. The molecule has 9 heteroatoms. The van der Waals surface area contributed by atoms with Gasteiger partial charge in [0.1, 0.15) is 29.2 Å². The van der Waals surface area contributed by atoms with Gasteiger partial charge in [-0.2, -0.15) is 5.10 Å². The summed E-state index contributed by atoms with van der Waals surface area (Å²) in [7, 11) is 0. The molecule has 1 fully saturated rings. The Bertz CT molecular complexity index is 1140. The van der Waals surface area contributed by atoms with E-state index in [0.29, 0.717) is 17.0 Å². The number of hydrogen-bond acceptors (Lipinski definition) is 6. The van der Waals surface area contributed by atoms with Crippen LogP contribution in [0.15, 0.2) is 48.5 Å². The molecule has 3 atom stereocenters. The third-order valence-corrected chi connectivity index (χ3v) is 7.34. The zero-order chi connectivity index (χ0) is 24.7. The number of aromatic nitrogens is 4. The smallest absolute Gasteiger partial charge is 0.329 e. The molecular formula is C25H31N5O3S. The predicted octanol–water partition coefficient (Wildman–Crippen LogP) is 4.73. The molecule has 1 aromatic carbocycles. The highest BCUT2D eigenvalue weighted by Crippen LogP contribution is 2.52. The van der Waals surface area contributed by atoms with Crippen molar-refractivity contribution in [2.45, 2.75) is 70.5 Å². The Kier molecular flexibility index (Phi) is 6.33. The minimum absolute atomic E-state index is 0.0563. The van der Waals surface area contributed by atoms with Gasteiger partial charge in [0, 0.05) is 23.6 Å². The minimum atomic E-state index is -1.40. The molecule has 1 amide bonds. The van der Waals surface area contributed by atoms with E-state index in [2.05, 4.69) is 35.8 Å². The summed E-state index contributed by atoms with van der Waals surface area (Å²) in [5.74, 6) is -1.27. The number of carbonyl (C=O) groups excluding carboxylic acids is 1. The molecule has 0 unspecified atom stereocenters. The summed E-state index contributed by atoms with van der Waals surface area (Å²) in [6.07, 6.45) is 5.24. The van der Waals surface area contributed by atoms with Gasteiger partial charge in [-0.1, -0.05) is 46.8 Å². The van der Waals surface area contributed by atoms with E-state index in [1.165, 1.54) is 17.7 Å². The topological polar surface area (TPSA) is 101 Å². The van der Waals surface area contributed by atoms with Gasteiger partial charge in [0.25, 0.3) is 5.91 Å². The van der Waals surface area contributed by atoms with E-state index in [9.17, 15) is 14.7 Å². The average Bonchev–Trinajstić information content (AvgIpc) is 3.52. The van der Waals surface area contributed by atoms with Crippen molar-refractivity contribution in [3.8, 4) is 0 Å². The van der Waals surface area contributed by atoms with Gasteiger partial charge in [-0.25, -0.2) is 19.4 Å². The van der Waals surface area contributed by atoms with Crippen molar-refractivity contribution in [3.05, 3.63) is 64.6 Å². The van der Waals surface area contributed by atoms with Gasteiger partial charge in [0.15, 0.2) is 0 Å². The Labute approximate surface area is 203 Å². The number of carbonyl (C=O) groups is 2. The first-order valence-corrected chi connectivity index (χ1v) is 12.3. The molecule has 1 N–H and O–H groups in total. The number of hydrogen-bond donors (Lipinski definition) is 1. The van der Waals surface area contributed by atoms with Crippen molar-refractivity contribution in [1.29, 1.82) is 0 Å². The molecule has 0 bridgehead atoms. The van der Waals surface area contributed by atoms with E-state index in [0.717, 1.165) is 5.56 Å². The maximum atomic E-state index is 14.1. The minimum Gasteiger partial charge on any atom is -0.479 e. The third kappa shape index (κ3) is 4.24. The van der Waals surface area contributed by atoms with E-state index in [-0.39, 0.29) is 23.7 Å². The number of rotatable bonds is 6. The zero-order valence-electron chi connectivity index (χ0n) is 20.2. The largest absolute Gasteiger partial charge is 0.479 e. The van der Waals surface area contributed by atoms with Crippen LogP contribution in [0.25, 0.3) is 0 Å². The molecule has 4 rings (SSSR count). The molecule has 1 aliphatic heterocycles. The molecule has 180 valence electrons. The normalized spacial score (nSPS) is 22.9. The van der Waals surface area contributed by atoms with Gasteiger partial charge in [-0.05, 0) is 35.4 Å². The van der Waals surface area contributed by atoms with Crippen molar-refractivity contribution < 1.29 is 14.7 Å². The lowest BCUT2D eigenvalue weighted by molar-refractivity contribution is -0.150. The van der Waals surface area contributed by atoms with Crippen molar-refractivity contribution in [2.75, 3.05) is 0 Å². The highest BCUT2D eigenvalue weighted by atomic mass is 32.1. The Morgan fingerprint density at radius 3 is 2.44 bits per heavy atom. The van der Waals surface area contributed by atoms with Crippen LogP contribution in [0, 0.1) is 5.92 Å². The number of amides is 1. The Morgan fingerprint density at radius 1 is 1.24 bits per heavy atom. The SMILES string of the molecule is CC(C)C[C@@]1(C(=O)O)C[C@H](n2cncn2)[C@H](c2nccs2)N1C(=O)c1ccc(C(C)(C)C)cc1. The summed E-state index contributed by atoms with van der Waals surface area (Å²) >= 11 is 1.42. The van der Waals surface area contributed by atoms with E-state index < -0.39 is 23.6 Å². The van der Waals surface area contributed by atoms with Crippen LogP contribution in [0.5, 0.6) is 0 Å². The number of carboxylic acids is 1. The number of thiazole rings is 1. The molecular weight excluding hydrogens is 450 g/mol. The van der Waals surface area contributed by atoms with Crippen LogP contribution in [0.3, 0.4) is 0 Å². The predicted molar refractivity (Wildman–Crippen MR) is 130 cm³/mol. The Hall–Kier alpha value is -3.07. The van der Waals surface area contributed by atoms with Crippen molar-refractivity contribution in [1.82, 2.24) is 24.6 Å². The quantitative estimate of drug-likeness (QED) is 0.546. The van der Waals surface area contributed by atoms with Crippen LogP contribution in [0.2, 0.25) is 0 Å². The van der Waals surface area contributed by atoms with Crippen molar-refractivity contribution in [3.63, 3.8) is 0 Å². The molecule has 8 nitrogen and oxygen atoms in total. The monoisotopic (exact) mass is 481 g/mol. The second-order valence-electron chi connectivity index (χ2n) is 10.4. The number of aliphatic carboxylic acids is 1. The molecule has 0 spiro atoms. The van der Waals surface area contributed by atoms with Crippen molar-refractivity contribution >= 4 is 23.2 Å². The molecule has 1 aliphatic rings. The lowest BCUT2D eigenvalue weighted by atomic mass is 9.84. The number of carboxylic acid groups (broad SMARTS) is 1. The summed E-state index contributed by atoms with van der Waals surface area (Å²) in [5.41, 5.74) is 0.109. The lowest BCUT2D eigenvalue weighted by Gasteiger charge is -2.38. The van der Waals surface area contributed by atoms with Crippen LogP contribution in [-0.4, -0.2) is 47.2 Å². The molecule has 0 radical (unpaired) electrons. The van der Waals surface area contributed by atoms with Gasteiger partial charge in [-0.15, -0.1) is 11.3 Å².